The maximum absolute atomic E-state index is 9.90. The van der Waals surface area contributed by atoms with Crippen LogP contribution in [0.25, 0.3) is 0 Å². The molecule has 0 radical (unpaired) electrons. The molecule has 0 saturated heterocycles. The van der Waals surface area contributed by atoms with Gasteiger partial charge in [-0.2, -0.15) is 0 Å². The molecule has 0 bridgehead atoms. The van der Waals surface area contributed by atoms with Crippen molar-refractivity contribution in [1.29, 1.82) is 0 Å². The van der Waals surface area contributed by atoms with Crippen LogP contribution < -0.4 is 10.2 Å². The fourth-order valence-corrected chi connectivity index (χ4v) is 0.766. The van der Waals surface area contributed by atoms with Gasteiger partial charge in [0.15, 0.2) is 0 Å². The number of rotatable bonds is 3. The van der Waals surface area contributed by atoms with Crippen LogP contribution in [-0.2, 0) is 9.59 Å². The fraction of sp³-hybridized carbons (Fsp3) is 0.818. The molecular weight excluding hydrogens is 196 g/mol. The molecule has 0 amide bonds. The number of aliphatic carboxylic acids is 2. The van der Waals surface area contributed by atoms with E-state index in [1.165, 1.54) is 0 Å². The van der Waals surface area contributed by atoms with Crippen LogP contribution in [-0.4, -0.2) is 11.9 Å². The van der Waals surface area contributed by atoms with E-state index in [9.17, 15) is 19.8 Å². The van der Waals surface area contributed by atoms with Gasteiger partial charge in [0.1, 0.15) is 0 Å². The SMILES string of the molecule is CC(C)(C)CC(=O)[O-].CC(C)CC(=O)[O-]. The smallest absolute Gasteiger partial charge is 0.0419 e. The number of hydrogen-bond donors (Lipinski definition) is 0. The Morgan fingerprint density at radius 1 is 1.07 bits per heavy atom. The maximum atomic E-state index is 9.90. The minimum Gasteiger partial charge on any atom is -0.550 e. The van der Waals surface area contributed by atoms with Gasteiger partial charge in [-0.25, -0.2) is 0 Å². The fourth-order valence-electron chi connectivity index (χ4n) is 0.766. The topological polar surface area (TPSA) is 80.3 Å². The summed E-state index contributed by atoms with van der Waals surface area (Å²) in [6, 6.07) is 0. The van der Waals surface area contributed by atoms with E-state index in [1.807, 2.05) is 34.6 Å². The van der Waals surface area contributed by atoms with E-state index in [0.29, 0.717) is 0 Å². The first-order valence-corrected chi connectivity index (χ1v) is 4.94. The van der Waals surface area contributed by atoms with Gasteiger partial charge >= 0.3 is 0 Å². The highest BCUT2D eigenvalue weighted by molar-refractivity contribution is 5.65. The molecule has 4 nitrogen and oxygen atoms in total. The molecule has 0 spiro atoms. The van der Waals surface area contributed by atoms with Crippen molar-refractivity contribution in [3.63, 3.8) is 0 Å². The van der Waals surface area contributed by atoms with Gasteiger partial charge in [-0.15, -0.1) is 0 Å². The van der Waals surface area contributed by atoms with Gasteiger partial charge in [0.2, 0.25) is 0 Å². The van der Waals surface area contributed by atoms with Crippen LogP contribution >= 0.6 is 0 Å². The average Bonchev–Trinajstić information content (AvgIpc) is 1.76. The second-order valence-corrected chi connectivity index (χ2v) is 5.08. The van der Waals surface area contributed by atoms with Crippen LogP contribution in [0.1, 0.15) is 47.5 Å². The van der Waals surface area contributed by atoms with Gasteiger partial charge in [-0.3, -0.25) is 0 Å². The highest BCUT2D eigenvalue weighted by Crippen LogP contribution is 2.16. The van der Waals surface area contributed by atoms with Gasteiger partial charge in [-0.05, 0) is 24.2 Å². The molecule has 4 heteroatoms. The van der Waals surface area contributed by atoms with Crippen molar-refractivity contribution < 1.29 is 19.8 Å². The molecule has 0 N–H and O–H groups in total. The molecular formula is C11H20O4-2. The van der Waals surface area contributed by atoms with E-state index in [4.69, 9.17) is 0 Å². The van der Waals surface area contributed by atoms with Crippen molar-refractivity contribution in [3.05, 3.63) is 0 Å². The van der Waals surface area contributed by atoms with Gasteiger partial charge in [0, 0.05) is 11.9 Å². The number of carbonyl (C=O) groups is 2. The molecule has 0 atom stereocenters. The summed E-state index contributed by atoms with van der Waals surface area (Å²) in [5, 5.41) is 19.6. The second-order valence-electron chi connectivity index (χ2n) is 5.08. The standard InChI is InChI=1S/C6H12O2.C5H10O2/c1-6(2,3)4-5(7)8;1-4(2)3-5(6)7/h4H2,1-3H3,(H,7,8);4H,3H2,1-2H3,(H,6,7)/p-2. The summed E-state index contributed by atoms with van der Waals surface area (Å²) >= 11 is 0. The minimum atomic E-state index is -0.975. The second kappa shape index (κ2) is 7.26. The number of carboxylic acids is 2. The zero-order valence-corrected chi connectivity index (χ0v) is 10.1. The maximum Gasteiger partial charge on any atom is 0.0419 e. The third-order valence-corrected chi connectivity index (χ3v) is 1.25. The quantitative estimate of drug-likeness (QED) is 0.662. The lowest BCUT2D eigenvalue weighted by Gasteiger charge is -2.17. The molecule has 0 aromatic carbocycles. The van der Waals surface area contributed by atoms with Gasteiger partial charge in [0.05, 0.1) is 0 Å². The molecule has 0 heterocycles. The first-order chi connectivity index (χ1) is 6.54. The predicted octanol–water partition coefficient (Wildman–Crippen LogP) is -0.0451. The zero-order valence-electron chi connectivity index (χ0n) is 10.1. The predicted molar refractivity (Wildman–Crippen MR) is 53.5 cm³/mol. The van der Waals surface area contributed by atoms with Gasteiger partial charge in [0.25, 0.3) is 0 Å². The monoisotopic (exact) mass is 216 g/mol. The summed E-state index contributed by atoms with van der Waals surface area (Å²) < 4.78 is 0. The van der Waals surface area contributed by atoms with Crippen LogP contribution in [0.4, 0.5) is 0 Å². The lowest BCUT2D eigenvalue weighted by atomic mass is 9.93. The normalized spacial score (nSPS) is 10.5. The third-order valence-electron chi connectivity index (χ3n) is 1.25. The molecule has 0 unspecified atom stereocenters. The van der Waals surface area contributed by atoms with Crippen LogP contribution in [0.3, 0.4) is 0 Å². The Balaban J connectivity index is 0. The lowest BCUT2D eigenvalue weighted by molar-refractivity contribution is -0.308. The molecule has 0 fully saturated rings. The molecule has 0 saturated carbocycles. The third kappa shape index (κ3) is 24.6. The Hall–Kier alpha value is -1.06. The zero-order chi connectivity index (χ0) is 12.6. The summed E-state index contributed by atoms with van der Waals surface area (Å²) in [4.78, 5) is 19.6. The van der Waals surface area contributed by atoms with Crippen LogP contribution in [0.2, 0.25) is 0 Å². The Bertz CT molecular complexity index is 201. The van der Waals surface area contributed by atoms with Gasteiger partial charge < -0.3 is 19.8 Å². The van der Waals surface area contributed by atoms with E-state index >= 15 is 0 Å². The van der Waals surface area contributed by atoms with Crippen molar-refractivity contribution in [2.75, 3.05) is 0 Å². The molecule has 0 rings (SSSR count). The molecule has 0 aromatic rings. The molecule has 0 aromatic heterocycles. The summed E-state index contributed by atoms with van der Waals surface area (Å²) in [6.45, 7) is 9.28. The highest BCUT2D eigenvalue weighted by atomic mass is 16.4. The summed E-state index contributed by atoms with van der Waals surface area (Å²) in [5.41, 5.74) is -0.140. The molecule has 90 valence electrons. The van der Waals surface area contributed by atoms with E-state index < -0.39 is 11.9 Å². The summed E-state index contributed by atoms with van der Waals surface area (Å²) in [6.07, 6.45) is 0.299. The van der Waals surface area contributed by atoms with Crippen molar-refractivity contribution in [3.8, 4) is 0 Å². The molecule has 0 aliphatic heterocycles. The molecule has 15 heavy (non-hydrogen) atoms. The summed E-state index contributed by atoms with van der Waals surface area (Å²) in [7, 11) is 0. The number of carbonyl (C=O) groups excluding carboxylic acids is 2. The van der Waals surface area contributed by atoms with E-state index in [1.54, 1.807) is 0 Å². The van der Waals surface area contributed by atoms with Gasteiger partial charge in [-0.1, -0.05) is 34.6 Å². The van der Waals surface area contributed by atoms with Crippen molar-refractivity contribution >= 4 is 11.9 Å². The van der Waals surface area contributed by atoms with Crippen molar-refractivity contribution in [2.24, 2.45) is 11.3 Å². The molecule has 0 aliphatic carbocycles. The Morgan fingerprint density at radius 3 is 1.47 bits per heavy atom. The van der Waals surface area contributed by atoms with E-state index in [2.05, 4.69) is 0 Å². The Labute approximate surface area is 91.3 Å². The summed E-state index contributed by atoms with van der Waals surface area (Å²) in [5.74, 6) is -1.72. The van der Waals surface area contributed by atoms with E-state index in [0.717, 1.165) is 0 Å². The average molecular weight is 216 g/mol. The first-order valence-electron chi connectivity index (χ1n) is 4.94. The largest absolute Gasteiger partial charge is 0.550 e. The highest BCUT2D eigenvalue weighted by Gasteiger charge is 2.08. The van der Waals surface area contributed by atoms with E-state index in [-0.39, 0.29) is 24.2 Å². The van der Waals surface area contributed by atoms with Crippen LogP contribution in [0, 0.1) is 11.3 Å². The molecule has 0 aliphatic rings. The Kier molecular flexibility index (Phi) is 7.92. The Morgan fingerprint density at radius 2 is 1.47 bits per heavy atom. The minimum absolute atomic E-state index is 0.132. The van der Waals surface area contributed by atoms with Crippen molar-refractivity contribution in [2.45, 2.75) is 47.5 Å². The number of carboxylic acid groups (broad SMARTS) is 2. The number of hydrogen-bond acceptors (Lipinski definition) is 4. The van der Waals surface area contributed by atoms with Crippen molar-refractivity contribution in [1.82, 2.24) is 0 Å². The van der Waals surface area contributed by atoms with Crippen LogP contribution in [0.5, 0.6) is 0 Å². The first kappa shape index (κ1) is 16.4. The lowest BCUT2D eigenvalue weighted by Crippen LogP contribution is -2.27. The van der Waals surface area contributed by atoms with Crippen LogP contribution in [0.15, 0.2) is 0 Å².